The highest BCUT2D eigenvalue weighted by Gasteiger charge is 2.05. The molecular formula is C7H16N2S. The van der Waals surface area contributed by atoms with E-state index in [2.05, 4.69) is 13.8 Å². The van der Waals surface area contributed by atoms with Crippen LogP contribution in [0.5, 0.6) is 0 Å². The first-order valence-corrected chi connectivity index (χ1v) is 4.54. The Morgan fingerprint density at radius 2 is 2.00 bits per heavy atom. The molecule has 0 aromatic heterocycles. The number of nitrogens with one attached hydrogen (secondary N) is 1. The molecule has 0 aromatic carbocycles. The molecule has 0 bridgehead atoms. The van der Waals surface area contributed by atoms with Crippen molar-refractivity contribution in [3.63, 3.8) is 0 Å². The van der Waals surface area contributed by atoms with Crippen LogP contribution in [0.3, 0.4) is 0 Å². The predicted octanol–water partition coefficient (Wildman–Crippen LogP) is 1.70. The normalized spacial score (nSPS) is 13.6. The molecule has 0 aliphatic rings. The van der Waals surface area contributed by atoms with Gasteiger partial charge in [-0.3, -0.25) is 5.41 Å². The summed E-state index contributed by atoms with van der Waals surface area (Å²) in [4.78, 5) is 0. The van der Waals surface area contributed by atoms with Crippen LogP contribution in [0, 0.1) is 11.3 Å². The zero-order valence-corrected chi connectivity index (χ0v) is 7.66. The molecule has 0 aliphatic heterocycles. The molecule has 0 aromatic rings. The van der Waals surface area contributed by atoms with Crippen molar-refractivity contribution < 1.29 is 0 Å². The van der Waals surface area contributed by atoms with Crippen LogP contribution in [0.25, 0.3) is 0 Å². The van der Waals surface area contributed by atoms with Gasteiger partial charge in [0.15, 0.2) is 0 Å². The van der Waals surface area contributed by atoms with Gasteiger partial charge in [0, 0.05) is 0 Å². The lowest BCUT2D eigenvalue weighted by molar-refractivity contribution is 0.749. The monoisotopic (exact) mass is 160 g/mol. The van der Waals surface area contributed by atoms with Gasteiger partial charge < -0.3 is 5.73 Å². The summed E-state index contributed by atoms with van der Waals surface area (Å²) in [7, 11) is 0. The third-order valence-corrected chi connectivity index (χ3v) is 2.73. The van der Waals surface area contributed by atoms with E-state index >= 15 is 0 Å². The first-order chi connectivity index (χ1) is 4.54. The Balaban J connectivity index is 3.40. The van der Waals surface area contributed by atoms with Crippen molar-refractivity contribution in [3.8, 4) is 0 Å². The lowest BCUT2D eigenvalue weighted by Crippen LogP contribution is -2.22. The van der Waals surface area contributed by atoms with Crippen LogP contribution in [-0.2, 0) is 0 Å². The number of thioether (sulfide) groups is 1. The molecule has 0 aliphatic carbocycles. The molecule has 60 valence electrons. The van der Waals surface area contributed by atoms with Crippen molar-refractivity contribution in [2.24, 2.45) is 11.7 Å². The smallest absolute Gasteiger partial charge is 0.104 e. The Bertz CT molecular complexity index is 112. The summed E-state index contributed by atoms with van der Waals surface area (Å²) in [5.41, 5.74) is 5.28. The minimum absolute atomic E-state index is 0.183. The van der Waals surface area contributed by atoms with Crippen LogP contribution >= 0.6 is 11.8 Å². The molecule has 10 heavy (non-hydrogen) atoms. The zero-order valence-electron chi connectivity index (χ0n) is 6.85. The van der Waals surface area contributed by atoms with Crippen LogP contribution in [0.4, 0.5) is 0 Å². The largest absolute Gasteiger partial charge is 0.387 e. The van der Waals surface area contributed by atoms with E-state index in [0.29, 0.717) is 5.92 Å². The van der Waals surface area contributed by atoms with Crippen LogP contribution in [-0.4, -0.2) is 16.8 Å². The SMILES string of the molecule is CC(C)CSC(C)C(=N)N. The van der Waals surface area contributed by atoms with E-state index in [1.165, 1.54) is 0 Å². The van der Waals surface area contributed by atoms with Crippen molar-refractivity contribution in [3.05, 3.63) is 0 Å². The molecule has 1 unspecified atom stereocenters. The molecule has 3 N–H and O–H groups in total. The van der Waals surface area contributed by atoms with Crippen molar-refractivity contribution in [2.45, 2.75) is 26.0 Å². The van der Waals surface area contributed by atoms with Crippen LogP contribution in [0.2, 0.25) is 0 Å². The Labute approximate surface area is 67.1 Å². The third-order valence-electron chi connectivity index (χ3n) is 1.12. The fourth-order valence-electron chi connectivity index (χ4n) is 0.427. The van der Waals surface area contributed by atoms with E-state index in [0.717, 1.165) is 5.75 Å². The van der Waals surface area contributed by atoms with E-state index < -0.39 is 0 Å². The summed E-state index contributed by atoms with van der Waals surface area (Å²) in [6, 6.07) is 0. The standard InChI is InChI=1S/C7H16N2S/c1-5(2)4-10-6(3)7(8)9/h5-6H,4H2,1-3H3,(H3,8,9). The lowest BCUT2D eigenvalue weighted by atomic mass is 10.3. The second-order valence-electron chi connectivity index (χ2n) is 2.82. The molecule has 2 nitrogen and oxygen atoms in total. The summed E-state index contributed by atoms with van der Waals surface area (Å²) in [6.45, 7) is 6.30. The van der Waals surface area contributed by atoms with E-state index in [1.54, 1.807) is 11.8 Å². The highest BCUT2D eigenvalue weighted by atomic mass is 32.2. The van der Waals surface area contributed by atoms with Gasteiger partial charge in [0.25, 0.3) is 0 Å². The van der Waals surface area contributed by atoms with Crippen LogP contribution in [0.1, 0.15) is 20.8 Å². The maximum Gasteiger partial charge on any atom is 0.104 e. The maximum absolute atomic E-state index is 7.10. The predicted molar refractivity (Wildman–Crippen MR) is 48.7 cm³/mol. The molecule has 0 amide bonds. The molecule has 0 heterocycles. The van der Waals surface area contributed by atoms with Gasteiger partial charge >= 0.3 is 0 Å². The van der Waals surface area contributed by atoms with E-state index in [9.17, 15) is 0 Å². The van der Waals surface area contributed by atoms with Crippen LogP contribution in [0.15, 0.2) is 0 Å². The van der Waals surface area contributed by atoms with Gasteiger partial charge in [0.1, 0.15) is 5.84 Å². The summed E-state index contributed by atoms with van der Waals surface area (Å²) < 4.78 is 0. The molecule has 0 radical (unpaired) electrons. The molecule has 0 fully saturated rings. The van der Waals surface area contributed by atoms with E-state index in [1.807, 2.05) is 6.92 Å². The lowest BCUT2D eigenvalue weighted by Gasteiger charge is -2.10. The highest BCUT2D eigenvalue weighted by molar-refractivity contribution is 8.00. The Hall–Kier alpha value is -0.180. The second-order valence-corrected chi connectivity index (χ2v) is 4.20. The van der Waals surface area contributed by atoms with Gasteiger partial charge in [-0.1, -0.05) is 13.8 Å². The van der Waals surface area contributed by atoms with Crippen molar-refractivity contribution >= 4 is 17.6 Å². The molecule has 0 saturated heterocycles. The number of rotatable bonds is 4. The minimum atomic E-state index is 0.183. The number of amidine groups is 1. The Morgan fingerprint density at radius 1 is 1.50 bits per heavy atom. The summed E-state index contributed by atoms with van der Waals surface area (Å²) in [6.07, 6.45) is 0. The van der Waals surface area contributed by atoms with Gasteiger partial charge in [-0.25, -0.2) is 0 Å². The van der Waals surface area contributed by atoms with Gasteiger partial charge in [-0.15, -0.1) is 0 Å². The molecule has 0 spiro atoms. The fraction of sp³-hybridized carbons (Fsp3) is 0.857. The number of nitrogens with two attached hydrogens (primary N) is 1. The third kappa shape index (κ3) is 4.68. The Kier molecular flexibility index (Phi) is 4.52. The van der Waals surface area contributed by atoms with Crippen molar-refractivity contribution in [1.82, 2.24) is 0 Å². The van der Waals surface area contributed by atoms with Gasteiger partial charge in [0.05, 0.1) is 5.25 Å². The molecular weight excluding hydrogens is 144 g/mol. The summed E-state index contributed by atoms with van der Waals surface area (Å²) in [5.74, 6) is 2.05. The van der Waals surface area contributed by atoms with E-state index in [-0.39, 0.29) is 11.1 Å². The maximum atomic E-state index is 7.10. The van der Waals surface area contributed by atoms with Crippen molar-refractivity contribution in [1.29, 1.82) is 5.41 Å². The Morgan fingerprint density at radius 3 is 2.30 bits per heavy atom. The second kappa shape index (κ2) is 4.61. The first-order valence-electron chi connectivity index (χ1n) is 3.49. The average Bonchev–Trinajstić information content (AvgIpc) is 1.82. The molecule has 0 rings (SSSR count). The number of hydrogen-bond donors (Lipinski definition) is 2. The summed E-state index contributed by atoms with van der Waals surface area (Å²) >= 11 is 1.74. The number of hydrogen-bond acceptors (Lipinski definition) is 2. The zero-order chi connectivity index (χ0) is 8.15. The fourth-order valence-corrected chi connectivity index (χ4v) is 1.28. The first kappa shape index (κ1) is 9.82. The van der Waals surface area contributed by atoms with Gasteiger partial charge in [-0.05, 0) is 18.6 Å². The molecule has 3 heteroatoms. The highest BCUT2D eigenvalue weighted by Crippen LogP contribution is 2.13. The van der Waals surface area contributed by atoms with Gasteiger partial charge in [-0.2, -0.15) is 11.8 Å². The van der Waals surface area contributed by atoms with Crippen LogP contribution < -0.4 is 5.73 Å². The van der Waals surface area contributed by atoms with Gasteiger partial charge in [0.2, 0.25) is 0 Å². The topological polar surface area (TPSA) is 49.9 Å². The molecule has 0 saturated carbocycles. The quantitative estimate of drug-likeness (QED) is 0.486. The average molecular weight is 160 g/mol. The summed E-state index contributed by atoms with van der Waals surface area (Å²) in [5, 5.41) is 7.28. The molecule has 1 atom stereocenters. The minimum Gasteiger partial charge on any atom is -0.387 e. The van der Waals surface area contributed by atoms with Crippen molar-refractivity contribution in [2.75, 3.05) is 5.75 Å². The van der Waals surface area contributed by atoms with E-state index in [4.69, 9.17) is 11.1 Å².